The molecule has 0 aliphatic rings. The van der Waals surface area contributed by atoms with Gasteiger partial charge < -0.3 is 10.7 Å². The third kappa shape index (κ3) is 3.85. The first-order valence-electron chi connectivity index (χ1n) is 6.75. The standard InChI is InChI=1S/C15H18F3N3/c1-9(2)7-12(19)14-20-8-13(21-14)10-3-5-11(6-4-10)15(16,17)18/h3-6,8-9,12H,7,19H2,1-2H3,(H,20,21). The molecule has 3 N–H and O–H groups in total. The van der Waals surface area contributed by atoms with E-state index in [1.807, 2.05) is 0 Å². The van der Waals surface area contributed by atoms with Crippen molar-refractivity contribution in [1.82, 2.24) is 9.97 Å². The van der Waals surface area contributed by atoms with Crippen molar-refractivity contribution in [3.8, 4) is 11.3 Å². The van der Waals surface area contributed by atoms with Crippen LogP contribution in [0.25, 0.3) is 11.3 Å². The van der Waals surface area contributed by atoms with Crippen LogP contribution in [0.1, 0.15) is 37.7 Å². The molecule has 6 heteroatoms. The molecule has 0 saturated heterocycles. The lowest BCUT2D eigenvalue weighted by Crippen LogP contribution is -2.14. The molecule has 0 spiro atoms. The minimum absolute atomic E-state index is 0.201. The van der Waals surface area contributed by atoms with Crippen molar-refractivity contribution in [3.63, 3.8) is 0 Å². The summed E-state index contributed by atoms with van der Waals surface area (Å²) < 4.78 is 37.6. The Bertz CT molecular complexity index is 585. The number of halogens is 3. The molecule has 0 aliphatic carbocycles. The van der Waals surface area contributed by atoms with Crippen molar-refractivity contribution in [2.75, 3.05) is 0 Å². The number of nitrogens with one attached hydrogen (secondary N) is 1. The van der Waals surface area contributed by atoms with Gasteiger partial charge >= 0.3 is 6.18 Å². The molecule has 21 heavy (non-hydrogen) atoms. The summed E-state index contributed by atoms with van der Waals surface area (Å²) in [6.07, 6.45) is -1.94. The van der Waals surface area contributed by atoms with Crippen LogP contribution < -0.4 is 5.73 Å². The first kappa shape index (κ1) is 15.6. The first-order chi connectivity index (χ1) is 9.77. The number of hydrogen-bond acceptors (Lipinski definition) is 2. The molecule has 2 aromatic rings. The minimum atomic E-state index is -4.32. The highest BCUT2D eigenvalue weighted by Crippen LogP contribution is 2.30. The number of alkyl halides is 3. The molecular formula is C15H18F3N3. The van der Waals surface area contributed by atoms with E-state index in [2.05, 4.69) is 23.8 Å². The van der Waals surface area contributed by atoms with Gasteiger partial charge in [0.15, 0.2) is 0 Å². The number of nitrogens with zero attached hydrogens (tertiary/aromatic N) is 1. The Hall–Kier alpha value is -1.82. The lowest BCUT2D eigenvalue weighted by atomic mass is 10.0. The summed E-state index contributed by atoms with van der Waals surface area (Å²) in [5.74, 6) is 1.10. The molecule has 1 heterocycles. The molecule has 0 bridgehead atoms. The smallest absolute Gasteiger partial charge is 0.341 e. The van der Waals surface area contributed by atoms with Crippen LogP contribution in [-0.2, 0) is 6.18 Å². The molecular weight excluding hydrogens is 279 g/mol. The fourth-order valence-corrected chi connectivity index (χ4v) is 2.13. The average Bonchev–Trinajstić information content (AvgIpc) is 2.86. The van der Waals surface area contributed by atoms with Gasteiger partial charge in [-0.2, -0.15) is 13.2 Å². The summed E-state index contributed by atoms with van der Waals surface area (Å²) in [6, 6.07) is 4.77. The number of imidazole rings is 1. The van der Waals surface area contributed by atoms with Crippen molar-refractivity contribution in [2.24, 2.45) is 11.7 Å². The second kappa shape index (κ2) is 5.89. The molecule has 3 nitrogen and oxygen atoms in total. The van der Waals surface area contributed by atoms with Crippen molar-refractivity contribution in [1.29, 1.82) is 0 Å². The van der Waals surface area contributed by atoms with Gasteiger partial charge in [0.25, 0.3) is 0 Å². The summed E-state index contributed by atoms with van der Waals surface area (Å²) in [6.45, 7) is 4.14. The fourth-order valence-electron chi connectivity index (χ4n) is 2.13. The van der Waals surface area contributed by atoms with Crippen LogP contribution in [0.2, 0.25) is 0 Å². The summed E-state index contributed by atoms with van der Waals surface area (Å²) in [5, 5.41) is 0. The van der Waals surface area contributed by atoms with Gasteiger partial charge in [-0.15, -0.1) is 0 Å². The third-order valence-corrected chi connectivity index (χ3v) is 3.20. The number of H-pyrrole nitrogens is 1. The van der Waals surface area contributed by atoms with Crippen molar-refractivity contribution >= 4 is 0 Å². The second-order valence-electron chi connectivity index (χ2n) is 5.49. The molecule has 0 aliphatic heterocycles. The van der Waals surface area contributed by atoms with Gasteiger partial charge in [0.05, 0.1) is 23.5 Å². The zero-order chi connectivity index (χ0) is 15.6. The fraction of sp³-hybridized carbons (Fsp3) is 0.400. The van der Waals surface area contributed by atoms with Crippen molar-refractivity contribution in [2.45, 2.75) is 32.5 Å². The van der Waals surface area contributed by atoms with E-state index in [9.17, 15) is 13.2 Å². The van der Waals surface area contributed by atoms with Gasteiger partial charge in [-0.3, -0.25) is 0 Å². The van der Waals surface area contributed by atoms with Gasteiger partial charge in [-0.25, -0.2) is 4.98 Å². The summed E-state index contributed by atoms with van der Waals surface area (Å²) in [4.78, 5) is 7.29. The van der Waals surface area contributed by atoms with Crippen LogP contribution in [0.15, 0.2) is 30.5 Å². The molecule has 2 rings (SSSR count). The van der Waals surface area contributed by atoms with E-state index in [1.54, 1.807) is 6.20 Å². The molecule has 0 radical (unpaired) electrons. The van der Waals surface area contributed by atoms with Crippen LogP contribution in [0.4, 0.5) is 13.2 Å². The molecule has 114 valence electrons. The Labute approximate surface area is 121 Å². The van der Waals surface area contributed by atoms with E-state index in [0.717, 1.165) is 18.6 Å². The largest absolute Gasteiger partial charge is 0.416 e. The lowest BCUT2D eigenvalue weighted by Gasteiger charge is -2.11. The SMILES string of the molecule is CC(C)CC(N)c1ncc(-c2ccc(C(F)(F)F)cc2)[nH]1. The summed E-state index contributed by atoms with van der Waals surface area (Å²) in [7, 11) is 0. The van der Waals surface area contributed by atoms with Gasteiger partial charge in [-0.05, 0) is 30.0 Å². The molecule has 1 aromatic heterocycles. The summed E-state index contributed by atoms with van der Waals surface area (Å²) in [5.41, 5.74) is 6.68. The van der Waals surface area contributed by atoms with Crippen LogP contribution in [-0.4, -0.2) is 9.97 Å². The second-order valence-corrected chi connectivity index (χ2v) is 5.49. The maximum Gasteiger partial charge on any atom is 0.416 e. The average molecular weight is 297 g/mol. The highest BCUT2D eigenvalue weighted by molar-refractivity contribution is 5.59. The van der Waals surface area contributed by atoms with Gasteiger partial charge in [0, 0.05) is 0 Å². The third-order valence-electron chi connectivity index (χ3n) is 3.20. The number of rotatable bonds is 4. The van der Waals surface area contributed by atoms with Crippen molar-refractivity contribution < 1.29 is 13.2 Å². The van der Waals surface area contributed by atoms with E-state index in [1.165, 1.54) is 12.1 Å². The maximum atomic E-state index is 12.5. The van der Waals surface area contributed by atoms with Gasteiger partial charge in [-0.1, -0.05) is 26.0 Å². The maximum absolute atomic E-state index is 12.5. The monoisotopic (exact) mass is 297 g/mol. The quantitative estimate of drug-likeness (QED) is 0.891. The van der Waals surface area contributed by atoms with Crippen LogP contribution in [0.3, 0.4) is 0 Å². The highest BCUT2D eigenvalue weighted by Gasteiger charge is 2.30. The first-order valence-corrected chi connectivity index (χ1v) is 6.75. The van der Waals surface area contributed by atoms with Crippen molar-refractivity contribution in [3.05, 3.63) is 41.9 Å². The van der Waals surface area contributed by atoms with E-state index < -0.39 is 11.7 Å². The number of hydrogen-bond donors (Lipinski definition) is 2. The highest BCUT2D eigenvalue weighted by atomic mass is 19.4. The Morgan fingerprint density at radius 2 is 1.81 bits per heavy atom. The lowest BCUT2D eigenvalue weighted by molar-refractivity contribution is -0.137. The number of nitrogens with two attached hydrogens (primary N) is 1. The number of aromatic amines is 1. The molecule has 0 saturated carbocycles. The Balaban J connectivity index is 2.18. The Morgan fingerprint density at radius 1 is 1.19 bits per heavy atom. The molecule has 1 aromatic carbocycles. The normalized spacial score (nSPS) is 13.7. The molecule has 0 amide bonds. The topological polar surface area (TPSA) is 54.7 Å². The predicted octanol–water partition coefficient (Wildman–Crippen LogP) is 4.14. The Kier molecular flexibility index (Phi) is 4.37. The Morgan fingerprint density at radius 3 is 2.33 bits per heavy atom. The zero-order valence-electron chi connectivity index (χ0n) is 11.9. The van der Waals surface area contributed by atoms with E-state index in [-0.39, 0.29) is 6.04 Å². The van der Waals surface area contributed by atoms with E-state index in [0.29, 0.717) is 23.0 Å². The van der Waals surface area contributed by atoms with E-state index in [4.69, 9.17) is 5.73 Å². The van der Waals surface area contributed by atoms with Gasteiger partial charge in [0.1, 0.15) is 5.82 Å². The molecule has 1 atom stereocenters. The predicted molar refractivity (Wildman–Crippen MR) is 75.4 cm³/mol. The molecule has 1 unspecified atom stereocenters. The van der Waals surface area contributed by atoms with E-state index >= 15 is 0 Å². The van der Waals surface area contributed by atoms with Gasteiger partial charge in [0.2, 0.25) is 0 Å². The zero-order valence-corrected chi connectivity index (χ0v) is 11.9. The number of benzene rings is 1. The van der Waals surface area contributed by atoms with Crippen LogP contribution in [0.5, 0.6) is 0 Å². The minimum Gasteiger partial charge on any atom is -0.341 e. The summed E-state index contributed by atoms with van der Waals surface area (Å²) >= 11 is 0. The molecule has 0 fully saturated rings. The number of aromatic nitrogens is 2. The van der Waals surface area contributed by atoms with Crippen LogP contribution >= 0.6 is 0 Å². The van der Waals surface area contributed by atoms with Crippen LogP contribution in [0, 0.1) is 5.92 Å².